The van der Waals surface area contributed by atoms with Crippen molar-refractivity contribution in [3.8, 4) is 5.69 Å². The molecule has 5 rings (SSSR count). The molecule has 2 aromatic carbocycles. The highest BCUT2D eigenvalue weighted by Crippen LogP contribution is 2.42. The molecule has 1 aliphatic rings. The minimum atomic E-state index is -0.0300. The number of nitrogens with zero attached hydrogens (tertiary/aromatic N) is 2. The average molecular weight is 489 g/mol. The summed E-state index contributed by atoms with van der Waals surface area (Å²) >= 11 is 2.99. The maximum atomic E-state index is 13.9. The van der Waals surface area contributed by atoms with Crippen molar-refractivity contribution in [2.75, 3.05) is 5.75 Å². The van der Waals surface area contributed by atoms with Gasteiger partial charge in [0.15, 0.2) is 10.9 Å². The number of ketones is 1. The van der Waals surface area contributed by atoms with E-state index < -0.39 is 0 Å². The Morgan fingerprint density at radius 2 is 1.76 bits per heavy atom. The van der Waals surface area contributed by atoms with Gasteiger partial charge in [0.1, 0.15) is 4.83 Å². The second-order valence-electron chi connectivity index (χ2n) is 9.94. The van der Waals surface area contributed by atoms with E-state index in [-0.39, 0.29) is 22.5 Å². The number of hydrogen-bond acceptors (Lipinski definition) is 5. The van der Waals surface area contributed by atoms with Crippen LogP contribution in [0.15, 0.2) is 70.6 Å². The van der Waals surface area contributed by atoms with Crippen molar-refractivity contribution < 1.29 is 4.79 Å². The van der Waals surface area contributed by atoms with Crippen LogP contribution in [-0.4, -0.2) is 21.1 Å². The van der Waals surface area contributed by atoms with E-state index in [2.05, 4.69) is 20.8 Å². The lowest BCUT2D eigenvalue weighted by atomic mass is 9.72. The van der Waals surface area contributed by atoms with Crippen molar-refractivity contribution in [2.45, 2.75) is 45.2 Å². The molecule has 0 spiro atoms. The highest BCUT2D eigenvalue weighted by molar-refractivity contribution is 7.99. The summed E-state index contributed by atoms with van der Waals surface area (Å²) in [5.74, 6) is 0.853. The van der Waals surface area contributed by atoms with Crippen molar-refractivity contribution >= 4 is 39.1 Å². The number of rotatable bonds is 5. The summed E-state index contributed by atoms with van der Waals surface area (Å²) in [7, 11) is 0. The van der Waals surface area contributed by atoms with Crippen LogP contribution in [0.1, 0.15) is 48.0 Å². The molecule has 34 heavy (non-hydrogen) atoms. The molecule has 4 aromatic rings. The average Bonchev–Trinajstić information content (AvgIpc) is 3.21. The lowest BCUT2D eigenvalue weighted by Gasteiger charge is -2.33. The smallest absolute Gasteiger partial charge is 0.267 e. The molecule has 0 fully saturated rings. The first kappa shape index (κ1) is 23.1. The Morgan fingerprint density at radius 3 is 2.44 bits per heavy atom. The molecule has 0 bridgehead atoms. The van der Waals surface area contributed by atoms with Gasteiger partial charge in [-0.15, -0.1) is 11.3 Å². The molecule has 6 heteroatoms. The molecular weight excluding hydrogens is 460 g/mol. The van der Waals surface area contributed by atoms with Gasteiger partial charge in [-0.2, -0.15) is 0 Å². The Morgan fingerprint density at radius 1 is 1.09 bits per heavy atom. The fraction of sp³-hybridized carbons (Fsp3) is 0.321. The second kappa shape index (κ2) is 9.16. The number of aryl methyl sites for hydroxylation is 1. The Bertz CT molecular complexity index is 1400. The molecule has 0 radical (unpaired) electrons. The number of benzene rings is 2. The number of hydrogen-bond donors (Lipinski definition) is 0. The highest BCUT2D eigenvalue weighted by Gasteiger charge is 2.32. The monoisotopic (exact) mass is 488 g/mol. The molecule has 1 aliphatic carbocycles. The summed E-state index contributed by atoms with van der Waals surface area (Å²) in [6.07, 6.45) is 3.01. The van der Waals surface area contributed by atoms with Gasteiger partial charge in [0.05, 0.1) is 16.8 Å². The van der Waals surface area contributed by atoms with E-state index in [0.717, 1.165) is 35.2 Å². The van der Waals surface area contributed by atoms with Crippen molar-refractivity contribution in [1.82, 2.24) is 9.55 Å². The third kappa shape index (κ3) is 4.37. The Balaban J connectivity index is 1.59. The fourth-order valence-electron chi connectivity index (χ4n) is 4.68. The first-order chi connectivity index (χ1) is 16.3. The van der Waals surface area contributed by atoms with Gasteiger partial charge < -0.3 is 0 Å². The summed E-state index contributed by atoms with van der Waals surface area (Å²) in [6, 6.07) is 18.9. The molecule has 4 nitrogen and oxygen atoms in total. The summed E-state index contributed by atoms with van der Waals surface area (Å²) in [4.78, 5) is 33.7. The first-order valence-corrected chi connectivity index (χ1v) is 13.5. The standard InChI is InChI=1S/C28H28N2O2S2/c1-28(2,3)19-14-15-21-23(16-19)34-25-24(21)26(32)30(20-12-8-5-9-13-20)27(29-25)33-17-22(31)18-10-6-4-7-11-18/h4-13,19H,14-17H2,1-3H3/t19-/m0/s1. The van der Waals surface area contributed by atoms with Crippen LogP contribution in [0.4, 0.5) is 0 Å². The van der Waals surface area contributed by atoms with Gasteiger partial charge in [0.25, 0.3) is 5.56 Å². The van der Waals surface area contributed by atoms with E-state index in [9.17, 15) is 9.59 Å². The number of para-hydroxylation sites is 1. The largest absolute Gasteiger partial charge is 0.293 e. The molecule has 0 unspecified atom stereocenters. The number of thioether (sulfide) groups is 1. The summed E-state index contributed by atoms with van der Waals surface area (Å²) < 4.78 is 1.69. The van der Waals surface area contributed by atoms with Gasteiger partial charge in [-0.3, -0.25) is 14.2 Å². The lowest BCUT2D eigenvalue weighted by Crippen LogP contribution is -2.27. The summed E-state index contributed by atoms with van der Waals surface area (Å²) in [6.45, 7) is 6.90. The topological polar surface area (TPSA) is 52.0 Å². The van der Waals surface area contributed by atoms with Gasteiger partial charge in [-0.1, -0.05) is 81.1 Å². The summed E-state index contributed by atoms with van der Waals surface area (Å²) in [5.41, 5.74) is 2.84. The Labute approximate surface area is 208 Å². The predicted molar refractivity (Wildman–Crippen MR) is 142 cm³/mol. The lowest BCUT2D eigenvalue weighted by molar-refractivity contribution is 0.102. The first-order valence-electron chi connectivity index (χ1n) is 11.7. The maximum Gasteiger partial charge on any atom is 0.267 e. The molecule has 174 valence electrons. The molecular formula is C28H28N2O2S2. The Hall–Kier alpha value is -2.70. The van der Waals surface area contributed by atoms with Crippen LogP contribution in [0.2, 0.25) is 0 Å². The van der Waals surface area contributed by atoms with Crippen molar-refractivity contribution in [1.29, 1.82) is 0 Å². The minimum Gasteiger partial charge on any atom is -0.293 e. The zero-order valence-electron chi connectivity index (χ0n) is 19.7. The molecule has 0 N–H and O–H groups in total. The zero-order valence-corrected chi connectivity index (χ0v) is 21.3. The van der Waals surface area contributed by atoms with Crippen LogP contribution in [0.5, 0.6) is 0 Å². The van der Waals surface area contributed by atoms with E-state index in [1.54, 1.807) is 15.9 Å². The number of carbonyl (C=O) groups is 1. The Kier molecular flexibility index (Phi) is 6.21. The third-order valence-electron chi connectivity index (χ3n) is 6.72. The number of carbonyl (C=O) groups excluding carboxylic acids is 1. The number of fused-ring (bicyclic) bond motifs is 3. The van der Waals surface area contributed by atoms with E-state index in [0.29, 0.717) is 16.6 Å². The zero-order chi connectivity index (χ0) is 23.9. The van der Waals surface area contributed by atoms with E-state index >= 15 is 0 Å². The van der Waals surface area contributed by atoms with Crippen LogP contribution >= 0.6 is 23.1 Å². The fourth-order valence-corrected chi connectivity index (χ4v) is 6.93. The van der Waals surface area contributed by atoms with Crippen LogP contribution in [0, 0.1) is 11.3 Å². The van der Waals surface area contributed by atoms with Gasteiger partial charge in [-0.25, -0.2) is 4.98 Å². The number of Topliss-reactive ketones (excluding diaryl/α,β-unsaturated/α-hetero) is 1. The number of aromatic nitrogens is 2. The SMILES string of the molecule is CC(C)(C)[C@H]1CCc2c(sc3nc(SCC(=O)c4ccccc4)n(-c4ccccc4)c(=O)c23)C1. The predicted octanol–water partition coefficient (Wildman–Crippen LogP) is 6.57. The molecule has 2 heterocycles. The quantitative estimate of drug-likeness (QED) is 0.181. The minimum absolute atomic E-state index is 0.0260. The van der Waals surface area contributed by atoms with E-state index in [1.807, 2.05) is 60.7 Å². The van der Waals surface area contributed by atoms with Gasteiger partial charge >= 0.3 is 0 Å². The van der Waals surface area contributed by atoms with Gasteiger partial charge in [0, 0.05) is 10.4 Å². The van der Waals surface area contributed by atoms with Crippen LogP contribution in [0.25, 0.3) is 15.9 Å². The van der Waals surface area contributed by atoms with Crippen molar-refractivity contribution in [3.05, 3.63) is 87.0 Å². The molecule has 0 amide bonds. The van der Waals surface area contributed by atoms with Gasteiger partial charge in [-0.05, 0) is 48.3 Å². The number of thiophene rings is 1. The van der Waals surface area contributed by atoms with E-state index in [4.69, 9.17) is 4.98 Å². The normalized spacial score (nSPS) is 15.9. The van der Waals surface area contributed by atoms with Crippen molar-refractivity contribution in [3.63, 3.8) is 0 Å². The summed E-state index contributed by atoms with van der Waals surface area (Å²) in [5, 5.41) is 1.33. The third-order valence-corrected chi connectivity index (χ3v) is 8.81. The molecule has 0 aliphatic heterocycles. The van der Waals surface area contributed by atoms with Crippen LogP contribution < -0.4 is 5.56 Å². The second-order valence-corrected chi connectivity index (χ2v) is 12.0. The van der Waals surface area contributed by atoms with Crippen LogP contribution in [-0.2, 0) is 12.8 Å². The van der Waals surface area contributed by atoms with Gasteiger partial charge in [0.2, 0.25) is 0 Å². The highest BCUT2D eigenvalue weighted by atomic mass is 32.2. The molecule has 0 saturated carbocycles. The molecule has 2 aromatic heterocycles. The maximum absolute atomic E-state index is 13.9. The van der Waals surface area contributed by atoms with E-state index in [1.165, 1.54) is 22.2 Å². The molecule has 1 atom stereocenters. The molecule has 0 saturated heterocycles. The van der Waals surface area contributed by atoms with Crippen LogP contribution in [0.3, 0.4) is 0 Å². The van der Waals surface area contributed by atoms with Crippen molar-refractivity contribution in [2.24, 2.45) is 11.3 Å².